The fourth-order valence-corrected chi connectivity index (χ4v) is 3.44. The molecule has 0 aliphatic heterocycles. The summed E-state index contributed by atoms with van der Waals surface area (Å²) in [4.78, 5) is 8.81. The van der Waals surface area contributed by atoms with Gasteiger partial charge in [0.2, 0.25) is 0 Å². The summed E-state index contributed by atoms with van der Waals surface area (Å²) < 4.78 is 1.83. The van der Waals surface area contributed by atoms with Crippen LogP contribution in [0.1, 0.15) is 32.1 Å². The predicted molar refractivity (Wildman–Crippen MR) is 95.2 cm³/mol. The van der Waals surface area contributed by atoms with Gasteiger partial charge < -0.3 is 11.1 Å². The minimum Gasteiger partial charge on any atom is -0.368 e. The molecule has 6 heteroatoms. The number of fused-ring (bicyclic) bond motifs is 1. The van der Waals surface area contributed by atoms with Crippen LogP contribution in [0.15, 0.2) is 42.9 Å². The Morgan fingerprint density at radius 3 is 2.67 bits per heavy atom. The molecule has 1 fully saturated rings. The Labute approximate surface area is 141 Å². The smallest absolute Gasteiger partial charge is 0.168 e. The van der Waals surface area contributed by atoms with Gasteiger partial charge in [0, 0.05) is 12.1 Å². The average Bonchev–Trinajstić information content (AvgIpc) is 3.06. The molecule has 124 valence electrons. The van der Waals surface area contributed by atoms with Crippen LogP contribution < -0.4 is 11.1 Å². The van der Waals surface area contributed by atoms with Crippen LogP contribution in [0, 0.1) is 0 Å². The van der Waals surface area contributed by atoms with Crippen molar-refractivity contribution in [1.82, 2.24) is 19.7 Å². The molecule has 3 aromatic rings. The summed E-state index contributed by atoms with van der Waals surface area (Å²) >= 11 is 0. The van der Waals surface area contributed by atoms with Gasteiger partial charge in [-0.1, -0.05) is 37.5 Å². The number of para-hydroxylation sites is 1. The number of nitrogens with one attached hydrogen (secondary N) is 1. The fourth-order valence-electron chi connectivity index (χ4n) is 3.44. The number of nitrogens with zero attached hydrogens (tertiary/aromatic N) is 4. The number of anilines is 1. The normalized spacial score (nSPS) is 17.0. The first kappa shape index (κ1) is 15.1. The molecule has 2 aromatic heterocycles. The van der Waals surface area contributed by atoms with Gasteiger partial charge in [0.05, 0.1) is 17.3 Å². The third kappa shape index (κ3) is 2.85. The third-order valence-corrected chi connectivity index (χ3v) is 4.82. The molecule has 4 rings (SSSR count). The monoisotopic (exact) mass is 322 g/mol. The average molecular weight is 322 g/mol. The van der Waals surface area contributed by atoms with Gasteiger partial charge in [0.25, 0.3) is 0 Å². The van der Waals surface area contributed by atoms with E-state index in [-0.39, 0.29) is 5.54 Å². The second kappa shape index (κ2) is 6.20. The number of benzene rings is 1. The van der Waals surface area contributed by atoms with Crippen molar-refractivity contribution in [1.29, 1.82) is 0 Å². The molecule has 0 radical (unpaired) electrons. The first-order valence-corrected chi connectivity index (χ1v) is 8.52. The Morgan fingerprint density at radius 2 is 1.88 bits per heavy atom. The lowest BCUT2D eigenvalue weighted by Crippen LogP contribution is -2.47. The quantitative estimate of drug-likeness (QED) is 0.772. The van der Waals surface area contributed by atoms with Crippen LogP contribution in [-0.2, 0) is 0 Å². The zero-order chi connectivity index (χ0) is 16.4. The fraction of sp³-hybridized carbons (Fsp3) is 0.389. The highest BCUT2D eigenvalue weighted by atomic mass is 15.3. The van der Waals surface area contributed by atoms with Crippen LogP contribution >= 0.6 is 0 Å². The second-order valence-electron chi connectivity index (χ2n) is 6.63. The van der Waals surface area contributed by atoms with Gasteiger partial charge in [0.1, 0.15) is 12.1 Å². The summed E-state index contributed by atoms with van der Waals surface area (Å²) in [5.74, 6) is 0.803. The van der Waals surface area contributed by atoms with Crippen LogP contribution in [-0.4, -0.2) is 31.8 Å². The van der Waals surface area contributed by atoms with Crippen molar-refractivity contribution in [3.8, 4) is 5.69 Å². The van der Waals surface area contributed by atoms with Gasteiger partial charge >= 0.3 is 0 Å². The number of rotatable bonds is 4. The zero-order valence-electron chi connectivity index (χ0n) is 13.7. The van der Waals surface area contributed by atoms with Crippen molar-refractivity contribution < 1.29 is 0 Å². The highest BCUT2D eigenvalue weighted by Gasteiger charge is 2.27. The molecule has 2 heterocycles. The topological polar surface area (TPSA) is 81.7 Å². The SMILES string of the molecule is NC1(CNc2ncnc3c2cnn3-c2ccccc2)CCCCC1. The first-order valence-electron chi connectivity index (χ1n) is 8.52. The summed E-state index contributed by atoms with van der Waals surface area (Å²) in [5, 5.41) is 8.83. The first-order chi connectivity index (χ1) is 11.8. The van der Waals surface area contributed by atoms with E-state index in [9.17, 15) is 0 Å². The lowest BCUT2D eigenvalue weighted by atomic mass is 9.82. The summed E-state index contributed by atoms with van der Waals surface area (Å²) in [5.41, 5.74) is 8.17. The molecule has 0 unspecified atom stereocenters. The Kier molecular flexibility index (Phi) is 3.90. The van der Waals surface area contributed by atoms with Crippen LogP contribution in [0.4, 0.5) is 5.82 Å². The summed E-state index contributed by atoms with van der Waals surface area (Å²) in [7, 11) is 0. The standard InChI is InChI=1S/C18H22N6/c19-18(9-5-2-6-10-18)12-20-16-15-11-23-24(17(15)22-13-21-16)14-7-3-1-4-8-14/h1,3-4,7-8,11,13H,2,5-6,9-10,12,19H2,(H,20,21,22). The molecule has 0 bridgehead atoms. The lowest BCUT2D eigenvalue weighted by molar-refractivity contribution is 0.311. The van der Waals surface area contributed by atoms with E-state index < -0.39 is 0 Å². The molecule has 0 amide bonds. The van der Waals surface area contributed by atoms with Crippen molar-refractivity contribution in [2.75, 3.05) is 11.9 Å². The molecular weight excluding hydrogens is 300 g/mol. The maximum absolute atomic E-state index is 6.52. The van der Waals surface area contributed by atoms with E-state index in [1.165, 1.54) is 19.3 Å². The molecule has 0 atom stereocenters. The minimum absolute atomic E-state index is 0.134. The zero-order valence-corrected chi connectivity index (χ0v) is 13.7. The molecule has 1 aromatic carbocycles. The van der Waals surface area contributed by atoms with Gasteiger partial charge in [-0.2, -0.15) is 5.10 Å². The van der Waals surface area contributed by atoms with E-state index in [1.807, 2.05) is 41.2 Å². The summed E-state index contributed by atoms with van der Waals surface area (Å²) in [6, 6.07) is 9.99. The van der Waals surface area contributed by atoms with Crippen LogP contribution in [0.3, 0.4) is 0 Å². The van der Waals surface area contributed by atoms with E-state index in [2.05, 4.69) is 20.4 Å². The largest absolute Gasteiger partial charge is 0.368 e. The molecule has 0 spiro atoms. The summed E-state index contributed by atoms with van der Waals surface area (Å²) in [6.45, 7) is 0.732. The van der Waals surface area contributed by atoms with E-state index in [0.717, 1.165) is 41.9 Å². The van der Waals surface area contributed by atoms with Crippen molar-refractivity contribution in [3.05, 3.63) is 42.9 Å². The lowest BCUT2D eigenvalue weighted by Gasteiger charge is -2.33. The van der Waals surface area contributed by atoms with Gasteiger partial charge in [-0.15, -0.1) is 0 Å². The summed E-state index contributed by atoms with van der Waals surface area (Å²) in [6.07, 6.45) is 9.24. The molecule has 1 aliphatic rings. The second-order valence-corrected chi connectivity index (χ2v) is 6.63. The number of hydrogen-bond donors (Lipinski definition) is 2. The van der Waals surface area contributed by atoms with Gasteiger partial charge in [-0.05, 0) is 25.0 Å². The number of aromatic nitrogens is 4. The highest BCUT2D eigenvalue weighted by molar-refractivity contribution is 5.87. The minimum atomic E-state index is -0.134. The van der Waals surface area contributed by atoms with E-state index in [0.29, 0.717) is 0 Å². The number of hydrogen-bond acceptors (Lipinski definition) is 5. The maximum Gasteiger partial charge on any atom is 0.168 e. The van der Waals surface area contributed by atoms with Crippen LogP contribution in [0.25, 0.3) is 16.7 Å². The van der Waals surface area contributed by atoms with Crippen LogP contribution in [0.2, 0.25) is 0 Å². The molecule has 0 saturated heterocycles. The molecule has 1 aliphatic carbocycles. The van der Waals surface area contributed by atoms with Crippen molar-refractivity contribution in [3.63, 3.8) is 0 Å². The van der Waals surface area contributed by atoms with Gasteiger partial charge in [0.15, 0.2) is 5.65 Å². The molecule has 6 nitrogen and oxygen atoms in total. The Balaban J connectivity index is 1.62. The van der Waals surface area contributed by atoms with E-state index in [4.69, 9.17) is 5.73 Å². The van der Waals surface area contributed by atoms with Crippen molar-refractivity contribution >= 4 is 16.9 Å². The van der Waals surface area contributed by atoms with Crippen molar-refractivity contribution in [2.45, 2.75) is 37.6 Å². The maximum atomic E-state index is 6.52. The Hall–Kier alpha value is -2.47. The third-order valence-electron chi connectivity index (χ3n) is 4.82. The molecule has 24 heavy (non-hydrogen) atoms. The molecular formula is C18H22N6. The predicted octanol–water partition coefficient (Wildman–Crippen LogP) is 2.89. The molecule has 1 saturated carbocycles. The number of nitrogens with two attached hydrogens (primary N) is 1. The highest BCUT2D eigenvalue weighted by Crippen LogP contribution is 2.27. The Bertz CT molecular complexity index is 820. The van der Waals surface area contributed by atoms with E-state index >= 15 is 0 Å². The van der Waals surface area contributed by atoms with Crippen molar-refractivity contribution in [2.24, 2.45) is 5.73 Å². The van der Waals surface area contributed by atoms with Gasteiger partial charge in [-0.25, -0.2) is 14.6 Å². The van der Waals surface area contributed by atoms with E-state index in [1.54, 1.807) is 6.33 Å². The Morgan fingerprint density at radius 1 is 1.08 bits per heavy atom. The molecule has 3 N–H and O–H groups in total. The van der Waals surface area contributed by atoms with Crippen LogP contribution in [0.5, 0.6) is 0 Å². The van der Waals surface area contributed by atoms with Gasteiger partial charge in [-0.3, -0.25) is 0 Å².